The minimum atomic E-state index is -0.226. The second-order valence-corrected chi connectivity index (χ2v) is 10.1. The van der Waals surface area contributed by atoms with Gasteiger partial charge in [0.15, 0.2) is 0 Å². The van der Waals surface area contributed by atoms with Crippen LogP contribution in [0.1, 0.15) is 47.5 Å². The highest BCUT2D eigenvalue weighted by Gasteiger charge is 2.29. The van der Waals surface area contributed by atoms with Gasteiger partial charge in [-0.05, 0) is 75.9 Å². The summed E-state index contributed by atoms with van der Waals surface area (Å²) < 4.78 is 5.20. The number of aromatic nitrogens is 1. The van der Waals surface area contributed by atoms with Crippen molar-refractivity contribution in [3.8, 4) is 5.75 Å². The zero-order valence-corrected chi connectivity index (χ0v) is 20.5. The van der Waals surface area contributed by atoms with Crippen LogP contribution in [0.15, 0.2) is 29.6 Å². The first-order chi connectivity index (χ1) is 16.0. The molecule has 2 fully saturated rings. The fourth-order valence-corrected chi connectivity index (χ4v) is 5.33. The molecule has 2 amide bonds. The van der Waals surface area contributed by atoms with Gasteiger partial charge in [-0.2, -0.15) is 0 Å². The Kier molecular flexibility index (Phi) is 7.98. The minimum Gasteiger partial charge on any atom is -0.497 e. The summed E-state index contributed by atoms with van der Waals surface area (Å²) in [6.07, 6.45) is 6.04. The molecule has 0 atom stereocenters. The number of anilines is 1. The molecular formula is C25H34N4O3S. The number of ether oxygens (including phenoxy) is 1. The number of hydrogen-bond donors (Lipinski definition) is 0. The number of nitrogens with zero attached hydrogens (tertiary/aromatic N) is 4. The summed E-state index contributed by atoms with van der Waals surface area (Å²) >= 11 is 1.48. The van der Waals surface area contributed by atoms with Crippen molar-refractivity contribution in [1.29, 1.82) is 0 Å². The Morgan fingerprint density at radius 2 is 1.79 bits per heavy atom. The van der Waals surface area contributed by atoms with E-state index in [9.17, 15) is 9.59 Å². The molecule has 2 saturated heterocycles. The number of amides is 2. The number of rotatable bonds is 7. The fraction of sp³-hybridized carbons (Fsp3) is 0.560. The van der Waals surface area contributed by atoms with Gasteiger partial charge in [0.25, 0.3) is 5.91 Å². The molecule has 178 valence electrons. The van der Waals surface area contributed by atoms with Gasteiger partial charge < -0.3 is 14.5 Å². The summed E-state index contributed by atoms with van der Waals surface area (Å²) in [7, 11) is 1.59. The van der Waals surface area contributed by atoms with Gasteiger partial charge in [0.05, 0.1) is 12.1 Å². The number of hydrogen-bond acceptors (Lipinski definition) is 6. The van der Waals surface area contributed by atoms with Gasteiger partial charge in [-0.15, -0.1) is 11.3 Å². The maximum Gasteiger partial charge on any atom is 0.259 e. The number of carbonyl (C=O) groups excluding carboxylic acids is 2. The fourth-order valence-electron chi connectivity index (χ4n) is 4.73. The Labute approximate surface area is 200 Å². The smallest absolute Gasteiger partial charge is 0.259 e. The van der Waals surface area contributed by atoms with Crippen molar-refractivity contribution in [1.82, 2.24) is 14.8 Å². The van der Waals surface area contributed by atoms with Gasteiger partial charge in [-0.25, -0.2) is 4.98 Å². The van der Waals surface area contributed by atoms with Gasteiger partial charge in [0.2, 0.25) is 5.91 Å². The highest BCUT2D eigenvalue weighted by molar-refractivity contribution is 7.09. The van der Waals surface area contributed by atoms with Crippen LogP contribution in [0.25, 0.3) is 0 Å². The first-order valence-electron chi connectivity index (χ1n) is 11.9. The molecule has 0 N–H and O–H groups in total. The van der Waals surface area contributed by atoms with Crippen LogP contribution >= 0.6 is 11.3 Å². The van der Waals surface area contributed by atoms with Crippen molar-refractivity contribution in [2.45, 2.75) is 39.0 Å². The average molecular weight is 471 g/mol. The van der Waals surface area contributed by atoms with Crippen LogP contribution < -0.4 is 9.64 Å². The van der Waals surface area contributed by atoms with Crippen molar-refractivity contribution < 1.29 is 14.3 Å². The van der Waals surface area contributed by atoms with E-state index in [1.165, 1.54) is 48.6 Å². The number of benzene rings is 1. The second kappa shape index (κ2) is 11.1. The molecule has 0 spiro atoms. The molecule has 33 heavy (non-hydrogen) atoms. The lowest BCUT2D eigenvalue weighted by Crippen LogP contribution is -2.47. The van der Waals surface area contributed by atoms with Crippen LogP contribution in [0.2, 0.25) is 0 Å². The Balaban J connectivity index is 1.38. The summed E-state index contributed by atoms with van der Waals surface area (Å²) in [5, 5.41) is 2.71. The zero-order valence-electron chi connectivity index (χ0n) is 19.7. The summed E-state index contributed by atoms with van der Waals surface area (Å²) in [5.41, 5.74) is 0.509. The van der Waals surface area contributed by atoms with Crippen LogP contribution in [-0.2, 0) is 4.79 Å². The lowest BCUT2D eigenvalue weighted by Gasteiger charge is -2.36. The first-order valence-corrected chi connectivity index (χ1v) is 12.8. The minimum absolute atomic E-state index is 0.00479. The van der Waals surface area contributed by atoms with Crippen LogP contribution in [0.3, 0.4) is 0 Å². The van der Waals surface area contributed by atoms with E-state index in [-0.39, 0.29) is 18.4 Å². The molecule has 4 rings (SSSR count). The SMILES string of the molecule is COc1ccc(C(=O)N(CC(=O)N2CCC(CN3CCCCC3)CC2)c2csc(C)n2)cc1. The molecule has 3 heterocycles. The number of methoxy groups -OCH3 is 1. The molecule has 1 aromatic heterocycles. The molecule has 0 radical (unpaired) electrons. The highest BCUT2D eigenvalue weighted by Crippen LogP contribution is 2.24. The zero-order chi connectivity index (χ0) is 23.2. The lowest BCUT2D eigenvalue weighted by molar-refractivity contribution is -0.131. The van der Waals surface area contributed by atoms with Crippen LogP contribution in [0, 0.1) is 12.8 Å². The Hall–Kier alpha value is -2.45. The largest absolute Gasteiger partial charge is 0.497 e. The first kappa shape index (κ1) is 23.7. The average Bonchev–Trinajstić information content (AvgIpc) is 3.29. The molecule has 7 nitrogen and oxygen atoms in total. The number of carbonyl (C=O) groups is 2. The molecular weight excluding hydrogens is 436 g/mol. The van der Waals surface area contributed by atoms with E-state index in [2.05, 4.69) is 9.88 Å². The summed E-state index contributed by atoms with van der Waals surface area (Å²) in [6.45, 7) is 7.02. The van der Waals surface area contributed by atoms with E-state index in [1.807, 2.05) is 17.2 Å². The number of aryl methyl sites for hydroxylation is 1. The third-order valence-electron chi connectivity index (χ3n) is 6.69. The molecule has 8 heteroatoms. The topological polar surface area (TPSA) is 66.0 Å². The number of piperidine rings is 2. The molecule has 2 aliphatic heterocycles. The lowest BCUT2D eigenvalue weighted by atomic mass is 9.95. The van der Waals surface area contributed by atoms with Crippen LogP contribution in [-0.4, -0.2) is 73.0 Å². The number of likely N-dealkylation sites (tertiary alicyclic amines) is 2. The van der Waals surface area contributed by atoms with Gasteiger partial charge in [0, 0.05) is 30.6 Å². The van der Waals surface area contributed by atoms with Crippen molar-refractivity contribution in [3.05, 3.63) is 40.2 Å². The molecule has 0 bridgehead atoms. The van der Waals surface area contributed by atoms with E-state index in [0.717, 1.165) is 37.5 Å². The maximum atomic E-state index is 13.3. The van der Waals surface area contributed by atoms with E-state index in [4.69, 9.17) is 4.74 Å². The van der Waals surface area contributed by atoms with Crippen molar-refractivity contribution in [2.24, 2.45) is 5.92 Å². The molecule has 1 aromatic carbocycles. The molecule has 0 aliphatic carbocycles. The Bertz CT molecular complexity index is 931. The monoisotopic (exact) mass is 470 g/mol. The molecule has 0 saturated carbocycles. The van der Waals surface area contributed by atoms with E-state index in [1.54, 1.807) is 31.4 Å². The highest BCUT2D eigenvalue weighted by atomic mass is 32.1. The summed E-state index contributed by atoms with van der Waals surface area (Å²) in [5.74, 6) is 1.64. The normalized spacial score (nSPS) is 17.7. The van der Waals surface area contributed by atoms with Gasteiger partial charge in [0.1, 0.15) is 18.1 Å². The molecule has 2 aromatic rings. The summed E-state index contributed by atoms with van der Waals surface area (Å²) in [6, 6.07) is 6.97. The predicted molar refractivity (Wildman–Crippen MR) is 131 cm³/mol. The number of thiazole rings is 1. The Morgan fingerprint density at radius 3 is 2.39 bits per heavy atom. The predicted octanol–water partition coefficient (Wildman–Crippen LogP) is 3.83. The van der Waals surface area contributed by atoms with Crippen molar-refractivity contribution >= 4 is 29.0 Å². The van der Waals surface area contributed by atoms with E-state index in [0.29, 0.717) is 23.0 Å². The van der Waals surface area contributed by atoms with Crippen molar-refractivity contribution in [2.75, 3.05) is 51.3 Å². The van der Waals surface area contributed by atoms with Gasteiger partial charge in [-0.3, -0.25) is 14.5 Å². The quantitative estimate of drug-likeness (QED) is 0.615. The summed E-state index contributed by atoms with van der Waals surface area (Å²) in [4.78, 5) is 37.0. The second-order valence-electron chi connectivity index (χ2n) is 9.03. The van der Waals surface area contributed by atoms with Gasteiger partial charge in [-0.1, -0.05) is 6.42 Å². The van der Waals surface area contributed by atoms with Crippen LogP contribution in [0.4, 0.5) is 5.82 Å². The van der Waals surface area contributed by atoms with Crippen molar-refractivity contribution in [3.63, 3.8) is 0 Å². The third-order valence-corrected chi connectivity index (χ3v) is 7.45. The maximum absolute atomic E-state index is 13.3. The molecule has 2 aliphatic rings. The van der Waals surface area contributed by atoms with E-state index < -0.39 is 0 Å². The van der Waals surface area contributed by atoms with Crippen LogP contribution in [0.5, 0.6) is 5.75 Å². The Morgan fingerprint density at radius 1 is 1.09 bits per heavy atom. The van der Waals surface area contributed by atoms with E-state index >= 15 is 0 Å². The third kappa shape index (κ3) is 6.12. The molecule has 0 unspecified atom stereocenters. The van der Waals surface area contributed by atoms with Gasteiger partial charge >= 0.3 is 0 Å². The standard InChI is InChI=1S/C25H34N4O3S/c1-19-26-23(18-33-19)29(25(31)21-6-8-22(32-2)9-7-21)17-24(30)28-14-10-20(11-15-28)16-27-12-4-3-5-13-27/h6-9,18,20H,3-5,10-17H2,1-2H3.